The summed E-state index contributed by atoms with van der Waals surface area (Å²) in [6.07, 6.45) is -8.31. The molecule has 1 heterocycles. The van der Waals surface area contributed by atoms with Crippen LogP contribution in [0.1, 0.15) is 17.5 Å². The van der Waals surface area contributed by atoms with Crippen LogP contribution >= 0.6 is 0 Å². The van der Waals surface area contributed by atoms with Crippen LogP contribution in [-0.4, -0.2) is 30.3 Å². The van der Waals surface area contributed by atoms with Gasteiger partial charge in [0, 0.05) is 6.54 Å². The van der Waals surface area contributed by atoms with Gasteiger partial charge in [-0.2, -0.15) is 26.3 Å². The van der Waals surface area contributed by atoms with E-state index in [1.807, 2.05) is 0 Å². The molecule has 0 amide bonds. The van der Waals surface area contributed by atoms with Gasteiger partial charge < -0.3 is 4.84 Å². The largest absolute Gasteiger partial charge is 0.492 e. The third-order valence-corrected chi connectivity index (χ3v) is 3.19. The Morgan fingerprint density at radius 3 is 2.26 bits per heavy atom. The molecule has 0 unspecified atom stereocenters. The Morgan fingerprint density at radius 1 is 1.09 bits per heavy atom. The van der Waals surface area contributed by atoms with E-state index in [4.69, 9.17) is 0 Å². The second kappa shape index (κ2) is 6.23. The summed E-state index contributed by atoms with van der Waals surface area (Å²) in [5.74, 6) is -2.36. The van der Waals surface area contributed by atoms with E-state index < -0.39 is 23.9 Å². The zero-order valence-electron chi connectivity index (χ0n) is 11.5. The van der Waals surface area contributed by atoms with Gasteiger partial charge in [-0.05, 0) is 23.6 Å². The molecule has 0 saturated heterocycles. The van der Waals surface area contributed by atoms with Gasteiger partial charge in [-0.15, -0.1) is 5.06 Å². The molecule has 0 spiro atoms. The minimum absolute atomic E-state index is 0.0260. The molecular formula is C14H11F6NO2. The fraction of sp³-hybridized carbons (Fsp3) is 0.357. The lowest BCUT2D eigenvalue weighted by atomic mass is 9.95. The summed E-state index contributed by atoms with van der Waals surface area (Å²) in [5, 5.41) is 0.759. The maximum absolute atomic E-state index is 13.0. The number of hydrogen-bond donors (Lipinski definition) is 0. The van der Waals surface area contributed by atoms with Crippen molar-refractivity contribution in [1.29, 1.82) is 0 Å². The number of carbonyl (C=O) groups is 1. The van der Waals surface area contributed by atoms with Crippen molar-refractivity contribution >= 4 is 11.5 Å². The standard InChI is InChI=1S/C14H11F6NO2/c15-13(16,17)11-4-2-1-3-10(11)9-5-7-21(8-6-9)23-12(22)14(18,19)20/h1-5H,6-8H2. The van der Waals surface area contributed by atoms with Crippen molar-refractivity contribution in [3.8, 4) is 0 Å². The van der Waals surface area contributed by atoms with Gasteiger partial charge >= 0.3 is 18.3 Å². The number of benzene rings is 1. The molecule has 0 atom stereocenters. The van der Waals surface area contributed by atoms with Gasteiger partial charge in [0.05, 0.1) is 12.1 Å². The minimum atomic E-state index is -5.12. The summed E-state index contributed by atoms with van der Waals surface area (Å²) >= 11 is 0. The molecule has 0 radical (unpaired) electrons. The third kappa shape index (κ3) is 4.25. The number of hydroxylamine groups is 2. The normalized spacial score (nSPS) is 16.9. The first-order valence-electron chi connectivity index (χ1n) is 6.48. The van der Waals surface area contributed by atoms with E-state index in [0.717, 1.165) is 11.1 Å². The molecule has 0 aliphatic carbocycles. The van der Waals surface area contributed by atoms with Crippen molar-refractivity contribution in [1.82, 2.24) is 5.06 Å². The quantitative estimate of drug-likeness (QED) is 0.768. The van der Waals surface area contributed by atoms with Crippen LogP contribution in [0.3, 0.4) is 0 Å². The Balaban J connectivity index is 2.13. The summed E-state index contributed by atoms with van der Waals surface area (Å²) < 4.78 is 75.1. The Labute approximate surface area is 127 Å². The highest BCUT2D eigenvalue weighted by molar-refractivity contribution is 5.75. The highest BCUT2D eigenvalue weighted by Gasteiger charge is 2.42. The van der Waals surface area contributed by atoms with E-state index in [0.29, 0.717) is 5.57 Å². The molecule has 0 N–H and O–H groups in total. The third-order valence-electron chi connectivity index (χ3n) is 3.19. The smallest absolute Gasteiger partial charge is 0.360 e. The summed E-state index contributed by atoms with van der Waals surface area (Å²) in [6, 6.07) is 4.94. The molecule has 3 nitrogen and oxygen atoms in total. The molecule has 23 heavy (non-hydrogen) atoms. The molecule has 0 saturated carbocycles. The Morgan fingerprint density at radius 2 is 1.74 bits per heavy atom. The van der Waals surface area contributed by atoms with Crippen LogP contribution in [0, 0.1) is 0 Å². The zero-order chi connectivity index (χ0) is 17.3. The van der Waals surface area contributed by atoms with Gasteiger partial charge in [0.2, 0.25) is 0 Å². The molecule has 1 aliphatic rings. The number of halogens is 6. The van der Waals surface area contributed by atoms with E-state index in [-0.39, 0.29) is 25.1 Å². The molecule has 2 rings (SSSR count). The lowest BCUT2D eigenvalue weighted by Gasteiger charge is -2.26. The van der Waals surface area contributed by atoms with E-state index in [1.165, 1.54) is 24.3 Å². The average Bonchev–Trinajstić information content (AvgIpc) is 2.46. The lowest BCUT2D eigenvalue weighted by Crippen LogP contribution is -2.37. The molecule has 1 aromatic carbocycles. The molecule has 1 aliphatic heterocycles. The minimum Gasteiger partial charge on any atom is -0.360 e. The molecule has 0 fully saturated rings. The summed E-state index contributed by atoms with van der Waals surface area (Å²) in [7, 11) is 0. The summed E-state index contributed by atoms with van der Waals surface area (Å²) in [5.41, 5.74) is -0.494. The number of nitrogens with zero attached hydrogens (tertiary/aromatic N) is 1. The molecule has 0 bridgehead atoms. The van der Waals surface area contributed by atoms with Gasteiger partial charge in [0.15, 0.2) is 0 Å². The van der Waals surface area contributed by atoms with Crippen molar-refractivity contribution < 1.29 is 36.0 Å². The van der Waals surface area contributed by atoms with E-state index >= 15 is 0 Å². The van der Waals surface area contributed by atoms with Crippen molar-refractivity contribution in [3.05, 3.63) is 41.5 Å². The predicted molar refractivity (Wildman–Crippen MR) is 67.8 cm³/mol. The monoisotopic (exact) mass is 339 g/mol. The fourth-order valence-corrected chi connectivity index (χ4v) is 2.16. The molecule has 9 heteroatoms. The number of carbonyl (C=O) groups excluding carboxylic acids is 1. The predicted octanol–water partition coefficient (Wildman–Crippen LogP) is 3.82. The number of rotatable bonds is 2. The Kier molecular flexibility index (Phi) is 4.69. The maximum atomic E-state index is 13.0. The first kappa shape index (κ1) is 17.3. The summed E-state index contributed by atoms with van der Waals surface area (Å²) in [4.78, 5) is 14.9. The summed E-state index contributed by atoms with van der Waals surface area (Å²) in [6.45, 7) is -0.344. The van der Waals surface area contributed by atoms with Crippen molar-refractivity contribution in [2.45, 2.75) is 18.8 Å². The van der Waals surface area contributed by atoms with Crippen molar-refractivity contribution in [2.75, 3.05) is 13.1 Å². The lowest BCUT2D eigenvalue weighted by molar-refractivity contribution is -0.237. The highest BCUT2D eigenvalue weighted by atomic mass is 19.4. The van der Waals surface area contributed by atoms with Crippen LogP contribution in [0.4, 0.5) is 26.3 Å². The van der Waals surface area contributed by atoms with E-state index in [1.54, 1.807) is 0 Å². The highest BCUT2D eigenvalue weighted by Crippen LogP contribution is 2.36. The first-order chi connectivity index (χ1) is 10.6. The van der Waals surface area contributed by atoms with Crippen LogP contribution < -0.4 is 0 Å². The van der Waals surface area contributed by atoms with Crippen molar-refractivity contribution in [2.24, 2.45) is 0 Å². The van der Waals surface area contributed by atoms with Crippen LogP contribution in [0.5, 0.6) is 0 Å². The number of alkyl halides is 6. The van der Waals surface area contributed by atoms with Gasteiger partial charge in [-0.3, -0.25) is 0 Å². The number of hydrogen-bond acceptors (Lipinski definition) is 3. The molecule has 0 aromatic heterocycles. The molecule has 126 valence electrons. The Hall–Kier alpha value is -2.03. The van der Waals surface area contributed by atoms with Gasteiger partial charge in [0.1, 0.15) is 0 Å². The fourth-order valence-electron chi connectivity index (χ4n) is 2.16. The average molecular weight is 339 g/mol. The molecular weight excluding hydrogens is 328 g/mol. The Bertz CT molecular complexity index is 620. The van der Waals surface area contributed by atoms with Gasteiger partial charge in [-0.25, -0.2) is 4.79 Å². The van der Waals surface area contributed by atoms with Gasteiger partial charge in [0.25, 0.3) is 0 Å². The van der Waals surface area contributed by atoms with Crippen molar-refractivity contribution in [3.63, 3.8) is 0 Å². The topological polar surface area (TPSA) is 29.5 Å². The first-order valence-corrected chi connectivity index (χ1v) is 6.48. The zero-order valence-corrected chi connectivity index (χ0v) is 11.5. The SMILES string of the molecule is O=C(ON1CC=C(c2ccccc2C(F)(F)F)CC1)C(F)(F)F. The van der Waals surface area contributed by atoms with E-state index in [2.05, 4.69) is 4.84 Å². The second-order valence-electron chi connectivity index (χ2n) is 4.79. The molecule has 1 aromatic rings. The van der Waals surface area contributed by atoms with E-state index in [9.17, 15) is 31.1 Å². The van der Waals surface area contributed by atoms with Crippen LogP contribution in [-0.2, 0) is 15.8 Å². The van der Waals surface area contributed by atoms with Crippen LogP contribution in [0.15, 0.2) is 30.3 Å². The van der Waals surface area contributed by atoms with Crippen LogP contribution in [0.25, 0.3) is 5.57 Å². The maximum Gasteiger partial charge on any atom is 0.492 e. The van der Waals surface area contributed by atoms with Gasteiger partial charge in [-0.1, -0.05) is 24.3 Å². The second-order valence-corrected chi connectivity index (χ2v) is 4.79. The van der Waals surface area contributed by atoms with Crippen LogP contribution in [0.2, 0.25) is 0 Å².